The van der Waals surface area contributed by atoms with Crippen LogP contribution in [-0.4, -0.2) is 16.7 Å². The largest absolute Gasteiger partial charge is 0.339 e. The highest BCUT2D eigenvalue weighted by molar-refractivity contribution is 5.59. The molecule has 2 aromatic rings. The molecule has 0 spiro atoms. The summed E-state index contributed by atoms with van der Waals surface area (Å²) in [6, 6.07) is 4.54. The minimum Gasteiger partial charge on any atom is -0.339 e. The van der Waals surface area contributed by atoms with Crippen molar-refractivity contribution in [3.8, 4) is 11.4 Å². The first-order valence-corrected chi connectivity index (χ1v) is 6.00. The van der Waals surface area contributed by atoms with Gasteiger partial charge in [0, 0.05) is 12.0 Å². The van der Waals surface area contributed by atoms with Gasteiger partial charge in [-0.1, -0.05) is 11.2 Å². The second kappa shape index (κ2) is 5.73. The topological polar surface area (TPSA) is 64.9 Å². The van der Waals surface area contributed by atoms with Crippen LogP contribution in [0.25, 0.3) is 11.4 Å². The van der Waals surface area contributed by atoms with Crippen molar-refractivity contribution in [2.75, 3.05) is 6.54 Å². The van der Waals surface area contributed by atoms with Crippen LogP contribution in [0.4, 0.5) is 4.39 Å². The summed E-state index contributed by atoms with van der Waals surface area (Å²) in [5, 5.41) is 3.88. The number of halogens is 1. The van der Waals surface area contributed by atoms with E-state index in [1.54, 1.807) is 6.07 Å². The molecule has 0 saturated carbocycles. The van der Waals surface area contributed by atoms with Gasteiger partial charge in [0.1, 0.15) is 5.82 Å². The Kier molecular flexibility index (Phi) is 4.04. The summed E-state index contributed by atoms with van der Waals surface area (Å²) in [6.45, 7) is 2.54. The molecule has 0 aliphatic rings. The Morgan fingerprint density at radius 1 is 1.33 bits per heavy atom. The van der Waals surface area contributed by atoms with E-state index in [1.807, 2.05) is 6.92 Å². The molecule has 1 aromatic carbocycles. The fourth-order valence-corrected chi connectivity index (χ4v) is 1.72. The van der Waals surface area contributed by atoms with Crippen LogP contribution in [-0.2, 0) is 6.42 Å². The van der Waals surface area contributed by atoms with E-state index in [1.165, 1.54) is 12.1 Å². The Morgan fingerprint density at radius 3 is 2.94 bits per heavy atom. The van der Waals surface area contributed by atoms with Crippen LogP contribution in [0.2, 0.25) is 0 Å². The second-order valence-electron chi connectivity index (χ2n) is 4.22. The van der Waals surface area contributed by atoms with E-state index in [-0.39, 0.29) is 5.82 Å². The van der Waals surface area contributed by atoms with Crippen molar-refractivity contribution in [3.63, 3.8) is 0 Å². The van der Waals surface area contributed by atoms with Crippen LogP contribution in [0.1, 0.15) is 24.3 Å². The van der Waals surface area contributed by atoms with E-state index in [0.717, 1.165) is 18.4 Å². The van der Waals surface area contributed by atoms with Crippen LogP contribution >= 0.6 is 0 Å². The van der Waals surface area contributed by atoms with E-state index in [9.17, 15) is 4.39 Å². The number of hydrogen-bond acceptors (Lipinski definition) is 4. The predicted molar refractivity (Wildman–Crippen MR) is 66.4 cm³/mol. The molecule has 0 saturated heterocycles. The zero-order valence-corrected chi connectivity index (χ0v) is 10.3. The number of nitrogens with zero attached hydrogens (tertiary/aromatic N) is 2. The van der Waals surface area contributed by atoms with Gasteiger partial charge in [-0.15, -0.1) is 0 Å². The molecular formula is C13H16FN3O. The highest BCUT2D eigenvalue weighted by atomic mass is 19.1. The van der Waals surface area contributed by atoms with Gasteiger partial charge in [0.25, 0.3) is 0 Å². The monoisotopic (exact) mass is 249 g/mol. The van der Waals surface area contributed by atoms with Crippen LogP contribution in [0, 0.1) is 12.7 Å². The molecule has 2 rings (SSSR count). The van der Waals surface area contributed by atoms with Gasteiger partial charge < -0.3 is 10.3 Å². The maximum Gasteiger partial charge on any atom is 0.226 e. The normalized spacial score (nSPS) is 10.8. The quantitative estimate of drug-likeness (QED) is 0.827. The Labute approximate surface area is 105 Å². The molecule has 0 unspecified atom stereocenters. The van der Waals surface area contributed by atoms with E-state index in [2.05, 4.69) is 10.1 Å². The number of unbranched alkanes of at least 4 members (excludes halogenated alkanes) is 1. The van der Waals surface area contributed by atoms with Crippen LogP contribution < -0.4 is 5.73 Å². The first kappa shape index (κ1) is 12.7. The molecule has 1 heterocycles. The van der Waals surface area contributed by atoms with Crippen LogP contribution in [0.3, 0.4) is 0 Å². The van der Waals surface area contributed by atoms with Gasteiger partial charge in [-0.05, 0) is 44.0 Å². The molecular weight excluding hydrogens is 233 g/mol. The number of benzene rings is 1. The van der Waals surface area contributed by atoms with Gasteiger partial charge in [-0.25, -0.2) is 4.39 Å². The lowest BCUT2D eigenvalue weighted by Gasteiger charge is -1.99. The molecule has 4 nitrogen and oxygen atoms in total. The summed E-state index contributed by atoms with van der Waals surface area (Å²) in [4.78, 5) is 4.27. The Bertz CT molecular complexity index is 525. The van der Waals surface area contributed by atoms with E-state index in [4.69, 9.17) is 10.3 Å². The average Bonchev–Trinajstić information content (AvgIpc) is 2.81. The van der Waals surface area contributed by atoms with Gasteiger partial charge in [0.2, 0.25) is 11.7 Å². The Morgan fingerprint density at radius 2 is 2.17 bits per heavy atom. The summed E-state index contributed by atoms with van der Waals surface area (Å²) in [6.07, 6.45) is 2.55. The number of aryl methyl sites for hydroxylation is 2. The maximum absolute atomic E-state index is 13.2. The summed E-state index contributed by atoms with van der Waals surface area (Å²) in [5.74, 6) is 0.710. The maximum atomic E-state index is 13.2. The standard InChI is InChI=1S/C13H16FN3O/c1-9-5-6-10(14)8-11(9)13-16-12(18-17-13)4-2-3-7-15/h5-6,8H,2-4,7,15H2,1H3. The van der Waals surface area contributed by atoms with Crippen molar-refractivity contribution in [2.24, 2.45) is 5.73 Å². The molecule has 0 aliphatic carbocycles. The minimum absolute atomic E-state index is 0.301. The van der Waals surface area contributed by atoms with Gasteiger partial charge >= 0.3 is 0 Å². The number of nitrogens with two attached hydrogens (primary N) is 1. The lowest BCUT2D eigenvalue weighted by Crippen LogP contribution is -1.99. The van der Waals surface area contributed by atoms with Crippen LogP contribution in [0.5, 0.6) is 0 Å². The fourth-order valence-electron chi connectivity index (χ4n) is 1.72. The van der Waals surface area contributed by atoms with Crippen molar-refractivity contribution in [1.82, 2.24) is 10.1 Å². The molecule has 0 fully saturated rings. The van der Waals surface area contributed by atoms with Crippen molar-refractivity contribution < 1.29 is 8.91 Å². The predicted octanol–water partition coefficient (Wildman–Crippen LogP) is 2.47. The number of aromatic nitrogens is 2. The smallest absolute Gasteiger partial charge is 0.226 e. The van der Waals surface area contributed by atoms with Gasteiger partial charge in [-0.3, -0.25) is 0 Å². The number of hydrogen-bond donors (Lipinski definition) is 1. The fraction of sp³-hybridized carbons (Fsp3) is 0.385. The zero-order valence-electron chi connectivity index (χ0n) is 10.3. The van der Waals surface area contributed by atoms with Gasteiger partial charge in [-0.2, -0.15) is 4.98 Å². The molecule has 96 valence electrons. The second-order valence-corrected chi connectivity index (χ2v) is 4.22. The molecule has 0 amide bonds. The van der Waals surface area contributed by atoms with Crippen molar-refractivity contribution in [1.29, 1.82) is 0 Å². The van der Waals surface area contributed by atoms with Crippen molar-refractivity contribution in [3.05, 3.63) is 35.5 Å². The van der Waals surface area contributed by atoms with Crippen LogP contribution in [0.15, 0.2) is 22.7 Å². The van der Waals surface area contributed by atoms with Gasteiger partial charge in [0.05, 0.1) is 0 Å². The number of rotatable bonds is 5. The molecule has 0 aliphatic heterocycles. The zero-order chi connectivity index (χ0) is 13.0. The third kappa shape index (κ3) is 2.92. The molecule has 0 bridgehead atoms. The van der Waals surface area contributed by atoms with E-state index in [0.29, 0.717) is 30.2 Å². The van der Waals surface area contributed by atoms with Crippen molar-refractivity contribution in [2.45, 2.75) is 26.2 Å². The minimum atomic E-state index is -0.301. The molecule has 0 atom stereocenters. The Hall–Kier alpha value is -1.75. The molecule has 0 radical (unpaired) electrons. The lowest BCUT2D eigenvalue weighted by atomic mass is 10.1. The lowest BCUT2D eigenvalue weighted by molar-refractivity contribution is 0.375. The molecule has 5 heteroatoms. The third-order valence-electron chi connectivity index (χ3n) is 2.75. The summed E-state index contributed by atoms with van der Waals surface area (Å²) in [7, 11) is 0. The van der Waals surface area contributed by atoms with E-state index >= 15 is 0 Å². The average molecular weight is 249 g/mol. The Balaban J connectivity index is 2.16. The highest BCUT2D eigenvalue weighted by Crippen LogP contribution is 2.21. The molecule has 2 N–H and O–H groups in total. The first-order chi connectivity index (χ1) is 8.70. The summed E-state index contributed by atoms with van der Waals surface area (Å²) in [5.41, 5.74) is 7.01. The van der Waals surface area contributed by atoms with E-state index < -0.39 is 0 Å². The summed E-state index contributed by atoms with van der Waals surface area (Å²) < 4.78 is 18.3. The van der Waals surface area contributed by atoms with Crippen molar-refractivity contribution >= 4 is 0 Å². The molecule has 18 heavy (non-hydrogen) atoms. The third-order valence-corrected chi connectivity index (χ3v) is 2.75. The SMILES string of the molecule is Cc1ccc(F)cc1-c1noc(CCCCN)n1. The first-order valence-electron chi connectivity index (χ1n) is 6.00. The highest BCUT2D eigenvalue weighted by Gasteiger charge is 2.11. The van der Waals surface area contributed by atoms with Gasteiger partial charge in [0.15, 0.2) is 0 Å². The molecule has 1 aromatic heterocycles. The summed E-state index contributed by atoms with van der Waals surface area (Å²) >= 11 is 0.